The van der Waals surface area contributed by atoms with Crippen LogP contribution >= 0.6 is 0 Å². The van der Waals surface area contributed by atoms with E-state index in [9.17, 15) is 5.11 Å². The van der Waals surface area contributed by atoms with Gasteiger partial charge in [0.2, 0.25) is 0 Å². The SMILES string of the molecule is CN(CCN=[N+]=[N-])CC1(O)CCCC1. The van der Waals surface area contributed by atoms with Gasteiger partial charge in [-0.2, -0.15) is 0 Å². The lowest BCUT2D eigenvalue weighted by Crippen LogP contribution is -2.40. The molecule has 0 atom stereocenters. The van der Waals surface area contributed by atoms with Gasteiger partial charge in [0.25, 0.3) is 0 Å². The molecule has 1 rings (SSSR count). The Bertz CT molecular complexity index is 219. The van der Waals surface area contributed by atoms with E-state index >= 15 is 0 Å². The summed E-state index contributed by atoms with van der Waals surface area (Å²) in [5.74, 6) is 0. The van der Waals surface area contributed by atoms with Crippen molar-refractivity contribution in [2.75, 3.05) is 26.7 Å². The summed E-state index contributed by atoms with van der Waals surface area (Å²) in [6.07, 6.45) is 4.05. The lowest BCUT2D eigenvalue weighted by Gasteiger charge is -2.28. The summed E-state index contributed by atoms with van der Waals surface area (Å²) >= 11 is 0. The first-order valence-corrected chi connectivity index (χ1v) is 5.08. The van der Waals surface area contributed by atoms with E-state index in [-0.39, 0.29) is 0 Å². The second-order valence-electron chi connectivity index (χ2n) is 4.12. The van der Waals surface area contributed by atoms with E-state index in [0.717, 1.165) is 25.7 Å². The molecule has 0 aliphatic heterocycles. The number of hydrogen-bond acceptors (Lipinski definition) is 3. The summed E-state index contributed by atoms with van der Waals surface area (Å²) in [6, 6.07) is 0. The molecule has 0 radical (unpaired) electrons. The van der Waals surface area contributed by atoms with Crippen molar-refractivity contribution in [2.24, 2.45) is 5.11 Å². The molecular weight excluding hydrogens is 180 g/mol. The third-order valence-electron chi connectivity index (χ3n) is 2.74. The van der Waals surface area contributed by atoms with Crippen molar-refractivity contribution in [1.29, 1.82) is 0 Å². The van der Waals surface area contributed by atoms with E-state index < -0.39 is 5.60 Å². The Morgan fingerprint density at radius 2 is 2.14 bits per heavy atom. The van der Waals surface area contributed by atoms with Gasteiger partial charge in [0, 0.05) is 24.5 Å². The van der Waals surface area contributed by atoms with E-state index in [0.29, 0.717) is 19.6 Å². The highest BCUT2D eigenvalue weighted by Gasteiger charge is 2.31. The number of azide groups is 1. The van der Waals surface area contributed by atoms with Gasteiger partial charge in [0.1, 0.15) is 0 Å². The van der Waals surface area contributed by atoms with Gasteiger partial charge in [0.15, 0.2) is 0 Å². The normalized spacial score (nSPS) is 19.6. The van der Waals surface area contributed by atoms with Gasteiger partial charge in [-0.25, -0.2) is 0 Å². The molecular formula is C9H18N4O. The van der Waals surface area contributed by atoms with E-state index in [1.54, 1.807) is 0 Å². The highest BCUT2D eigenvalue weighted by molar-refractivity contribution is 4.86. The molecule has 0 amide bonds. The zero-order chi connectivity index (χ0) is 10.4. The van der Waals surface area contributed by atoms with Crippen LogP contribution in [0.2, 0.25) is 0 Å². The van der Waals surface area contributed by atoms with E-state index in [2.05, 4.69) is 10.0 Å². The lowest BCUT2D eigenvalue weighted by molar-refractivity contribution is 0.0172. The van der Waals surface area contributed by atoms with Crippen LogP contribution in [-0.4, -0.2) is 42.3 Å². The van der Waals surface area contributed by atoms with Gasteiger partial charge < -0.3 is 10.0 Å². The van der Waals surface area contributed by atoms with Crippen LogP contribution in [0.4, 0.5) is 0 Å². The molecule has 0 spiro atoms. The molecule has 1 N–H and O–H groups in total. The third-order valence-corrected chi connectivity index (χ3v) is 2.74. The smallest absolute Gasteiger partial charge is 0.0774 e. The predicted molar refractivity (Wildman–Crippen MR) is 54.9 cm³/mol. The molecule has 1 aliphatic rings. The maximum atomic E-state index is 10.1. The van der Waals surface area contributed by atoms with Gasteiger partial charge in [-0.1, -0.05) is 18.0 Å². The lowest BCUT2D eigenvalue weighted by atomic mass is 10.0. The largest absolute Gasteiger partial charge is 0.389 e. The van der Waals surface area contributed by atoms with E-state index in [4.69, 9.17) is 5.53 Å². The molecule has 1 fully saturated rings. The summed E-state index contributed by atoms with van der Waals surface area (Å²) in [7, 11) is 1.95. The summed E-state index contributed by atoms with van der Waals surface area (Å²) in [6.45, 7) is 1.88. The average molecular weight is 198 g/mol. The fourth-order valence-corrected chi connectivity index (χ4v) is 2.03. The van der Waals surface area contributed by atoms with Crippen molar-refractivity contribution in [2.45, 2.75) is 31.3 Å². The fraction of sp³-hybridized carbons (Fsp3) is 1.00. The van der Waals surface area contributed by atoms with Gasteiger partial charge in [-0.15, -0.1) is 0 Å². The zero-order valence-electron chi connectivity index (χ0n) is 8.69. The Hall–Kier alpha value is -0.770. The van der Waals surface area contributed by atoms with Crippen molar-refractivity contribution < 1.29 is 5.11 Å². The number of aliphatic hydroxyl groups is 1. The van der Waals surface area contributed by atoms with Crippen molar-refractivity contribution >= 4 is 0 Å². The number of likely N-dealkylation sites (N-methyl/N-ethyl adjacent to an activating group) is 1. The van der Waals surface area contributed by atoms with Crippen LogP contribution in [0.5, 0.6) is 0 Å². The summed E-state index contributed by atoms with van der Waals surface area (Å²) in [4.78, 5) is 4.72. The highest BCUT2D eigenvalue weighted by atomic mass is 16.3. The molecule has 5 heteroatoms. The number of rotatable bonds is 5. The Kier molecular flexibility index (Phi) is 4.20. The predicted octanol–water partition coefficient (Wildman–Crippen LogP) is 1.53. The molecule has 0 heterocycles. The topological polar surface area (TPSA) is 72.2 Å². The highest BCUT2D eigenvalue weighted by Crippen LogP contribution is 2.29. The Labute approximate surface area is 84.3 Å². The standard InChI is InChI=1S/C9H18N4O/c1-13(7-6-11-12-10)8-9(14)4-2-3-5-9/h14H,2-8H2,1H3. The number of nitrogens with zero attached hydrogens (tertiary/aromatic N) is 4. The molecule has 14 heavy (non-hydrogen) atoms. The van der Waals surface area contributed by atoms with Crippen LogP contribution in [0.25, 0.3) is 10.4 Å². The van der Waals surface area contributed by atoms with E-state index in [1.165, 1.54) is 0 Å². The van der Waals surface area contributed by atoms with Crippen LogP contribution in [0.15, 0.2) is 5.11 Å². The van der Waals surface area contributed by atoms with Gasteiger partial charge in [-0.05, 0) is 25.4 Å². The quantitative estimate of drug-likeness (QED) is 0.413. The molecule has 1 aliphatic carbocycles. The Morgan fingerprint density at radius 3 is 2.71 bits per heavy atom. The second kappa shape index (κ2) is 5.20. The summed E-state index contributed by atoms with van der Waals surface area (Å²) in [5, 5.41) is 13.5. The minimum atomic E-state index is -0.495. The first kappa shape index (κ1) is 11.3. The van der Waals surface area contributed by atoms with Gasteiger partial charge >= 0.3 is 0 Å². The van der Waals surface area contributed by atoms with Crippen molar-refractivity contribution in [3.8, 4) is 0 Å². The van der Waals surface area contributed by atoms with Crippen LogP contribution < -0.4 is 0 Å². The zero-order valence-corrected chi connectivity index (χ0v) is 8.69. The van der Waals surface area contributed by atoms with Crippen molar-refractivity contribution in [3.63, 3.8) is 0 Å². The average Bonchev–Trinajstić information content (AvgIpc) is 2.52. The van der Waals surface area contributed by atoms with Crippen LogP contribution in [0.1, 0.15) is 25.7 Å². The van der Waals surface area contributed by atoms with Crippen LogP contribution in [0, 0.1) is 0 Å². The first-order valence-electron chi connectivity index (χ1n) is 5.08. The molecule has 0 saturated heterocycles. The molecule has 0 aromatic heterocycles. The van der Waals surface area contributed by atoms with Crippen LogP contribution in [-0.2, 0) is 0 Å². The molecule has 0 unspecified atom stereocenters. The maximum absolute atomic E-state index is 10.1. The molecule has 80 valence electrons. The van der Waals surface area contributed by atoms with Crippen molar-refractivity contribution in [1.82, 2.24) is 4.90 Å². The van der Waals surface area contributed by atoms with Gasteiger partial charge in [0.05, 0.1) is 5.60 Å². The molecule has 5 nitrogen and oxygen atoms in total. The van der Waals surface area contributed by atoms with Crippen LogP contribution in [0.3, 0.4) is 0 Å². The Balaban J connectivity index is 2.24. The maximum Gasteiger partial charge on any atom is 0.0774 e. The second-order valence-corrected chi connectivity index (χ2v) is 4.12. The molecule has 1 saturated carbocycles. The number of hydrogen-bond donors (Lipinski definition) is 1. The summed E-state index contributed by atoms with van der Waals surface area (Å²) in [5.41, 5.74) is 7.61. The van der Waals surface area contributed by atoms with E-state index in [1.807, 2.05) is 11.9 Å². The first-order chi connectivity index (χ1) is 6.66. The molecule has 0 aromatic rings. The third kappa shape index (κ3) is 3.54. The molecule has 0 aromatic carbocycles. The monoisotopic (exact) mass is 198 g/mol. The summed E-state index contributed by atoms with van der Waals surface area (Å²) < 4.78 is 0. The fourth-order valence-electron chi connectivity index (χ4n) is 2.03. The minimum absolute atomic E-state index is 0.475. The Morgan fingerprint density at radius 1 is 1.50 bits per heavy atom. The van der Waals surface area contributed by atoms with Gasteiger partial charge in [-0.3, -0.25) is 0 Å². The minimum Gasteiger partial charge on any atom is -0.389 e. The van der Waals surface area contributed by atoms with Crippen molar-refractivity contribution in [3.05, 3.63) is 10.4 Å². The molecule has 0 bridgehead atoms.